The maximum absolute atomic E-state index is 15.7. The van der Waals surface area contributed by atoms with Crippen LogP contribution in [0.4, 0.5) is 8.78 Å². The van der Waals surface area contributed by atoms with Gasteiger partial charge < -0.3 is 0 Å². The lowest BCUT2D eigenvalue weighted by Crippen LogP contribution is -2.26. The molecule has 0 aliphatic heterocycles. The topological polar surface area (TPSA) is 12.9 Å². The number of hydrogen-bond acceptors (Lipinski definition) is 1. The van der Waals surface area contributed by atoms with Crippen molar-refractivity contribution >= 4 is 23.8 Å². The van der Waals surface area contributed by atoms with E-state index in [1.165, 1.54) is 12.1 Å². The standard InChI is InChI=1S/C24H18F2NP/c1-17-14-15-27-22(16-17)20-12-13-21(25)24(23(20)26)28(18-8-4-2-5-9-18)19-10-6-3-7-11-19/h2-16H,1H3. The molecular weight excluding hydrogens is 371 g/mol. The fourth-order valence-corrected chi connectivity index (χ4v) is 5.55. The molecule has 0 unspecified atom stereocenters. The Morgan fingerprint density at radius 1 is 0.750 bits per heavy atom. The summed E-state index contributed by atoms with van der Waals surface area (Å²) in [6, 6.07) is 25.6. The maximum Gasteiger partial charge on any atom is 0.143 e. The zero-order chi connectivity index (χ0) is 19.5. The minimum atomic E-state index is -1.38. The third-order valence-corrected chi connectivity index (χ3v) is 7.00. The maximum atomic E-state index is 15.7. The summed E-state index contributed by atoms with van der Waals surface area (Å²) >= 11 is 0. The second-order valence-corrected chi connectivity index (χ2v) is 8.63. The molecule has 0 N–H and O–H groups in total. The largest absolute Gasteiger partial charge is 0.256 e. The van der Waals surface area contributed by atoms with E-state index in [0.717, 1.165) is 16.2 Å². The number of pyridine rings is 1. The van der Waals surface area contributed by atoms with Gasteiger partial charge in [0.25, 0.3) is 0 Å². The Bertz CT molecular complexity index is 1060. The molecule has 28 heavy (non-hydrogen) atoms. The monoisotopic (exact) mass is 389 g/mol. The van der Waals surface area contributed by atoms with Crippen molar-refractivity contribution in [3.8, 4) is 11.3 Å². The van der Waals surface area contributed by atoms with Crippen molar-refractivity contribution in [2.45, 2.75) is 6.92 Å². The van der Waals surface area contributed by atoms with Crippen molar-refractivity contribution in [1.29, 1.82) is 0 Å². The van der Waals surface area contributed by atoms with Crippen molar-refractivity contribution in [1.82, 2.24) is 4.98 Å². The average molecular weight is 389 g/mol. The molecule has 1 aromatic heterocycles. The molecule has 0 amide bonds. The highest BCUT2D eigenvalue weighted by atomic mass is 31.1. The fourth-order valence-electron chi connectivity index (χ4n) is 3.19. The van der Waals surface area contributed by atoms with Crippen molar-refractivity contribution in [3.63, 3.8) is 0 Å². The Balaban J connectivity index is 1.96. The van der Waals surface area contributed by atoms with E-state index in [1.54, 1.807) is 6.20 Å². The third kappa shape index (κ3) is 3.58. The molecule has 0 fully saturated rings. The van der Waals surface area contributed by atoms with Crippen LogP contribution in [0.3, 0.4) is 0 Å². The first-order valence-electron chi connectivity index (χ1n) is 8.96. The van der Waals surface area contributed by atoms with E-state index in [4.69, 9.17) is 0 Å². The first kappa shape index (κ1) is 18.5. The Kier molecular flexibility index (Phi) is 5.27. The zero-order valence-corrected chi connectivity index (χ0v) is 16.2. The van der Waals surface area contributed by atoms with Crippen LogP contribution in [0.25, 0.3) is 11.3 Å². The number of benzene rings is 3. The summed E-state index contributed by atoms with van der Waals surface area (Å²) in [5, 5.41) is 1.90. The van der Waals surface area contributed by atoms with Crippen LogP contribution in [0.2, 0.25) is 0 Å². The van der Waals surface area contributed by atoms with Crippen molar-refractivity contribution in [2.24, 2.45) is 0 Å². The van der Waals surface area contributed by atoms with E-state index in [-0.39, 0.29) is 5.30 Å². The van der Waals surface area contributed by atoms with E-state index in [0.29, 0.717) is 11.3 Å². The summed E-state index contributed by atoms with van der Waals surface area (Å²) in [5.74, 6) is -1.08. The Labute approximate surface area is 164 Å². The Morgan fingerprint density at radius 3 is 1.93 bits per heavy atom. The fraction of sp³-hybridized carbons (Fsp3) is 0.0417. The van der Waals surface area contributed by atoms with Gasteiger partial charge in [0, 0.05) is 11.8 Å². The van der Waals surface area contributed by atoms with E-state index in [9.17, 15) is 0 Å². The molecule has 3 aromatic carbocycles. The molecule has 0 spiro atoms. The number of hydrogen-bond donors (Lipinski definition) is 0. The summed E-state index contributed by atoms with van der Waals surface area (Å²) in [4.78, 5) is 4.29. The minimum absolute atomic E-state index is 0.105. The van der Waals surface area contributed by atoms with E-state index >= 15 is 8.78 Å². The number of aromatic nitrogens is 1. The lowest BCUT2D eigenvalue weighted by atomic mass is 10.1. The van der Waals surface area contributed by atoms with Gasteiger partial charge >= 0.3 is 0 Å². The summed E-state index contributed by atoms with van der Waals surface area (Å²) < 4.78 is 30.7. The quantitative estimate of drug-likeness (QED) is 0.443. The number of rotatable bonds is 4. The van der Waals surface area contributed by atoms with Crippen LogP contribution in [-0.2, 0) is 0 Å². The van der Waals surface area contributed by atoms with Gasteiger partial charge in [0.1, 0.15) is 11.6 Å². The highest BCUT2D eigenvalue weighted by molar-refractivity contribution is 7.79. The van der Waals surface area contributed by atoms with Crippen LogP contribution < -0.4 is 15.9 Å². The van der Waals surface area contributed by atoms with Gasteiger partial charge in [-0.15, -0.1) is 0 Å². The predicted molar refractivity (Wildman–Crippen MR) is 113 cm³/mol. The number of nitrogens with zero attached hydrogens (tertiary/aromatic N) is 1. The lowest BCUT2D eigenvalue weighted by molar-refractivity contribution is 0.600. The first-order valence-corrected chi connectivity index (χ1v) is 10.3. The normalized spacial score (nSPS) is 11.0. The van der Waals surface area contributed by atoms with Crippen LogP contribution in [0.5, 0.6) is 0 Å². The predicted octanol–water partition coefficient (Wildman–Crippen LogP) is 5.09. The van der Waals surface area contributed by atoms with Crippen LogP contribution >= 0.6 is 7.92 Å². The van der Waals surface area contributed by atoms with E-state index < -0.39 is 19.6 Å². The molecule has 0 radical (unpaired) electrons. The Morgan fingerprint density at radius 2 is 1.36 bits per heavy atom. The van der Waals surface area contributed by atoms with Crippen molar-refractivity contribution < 1.29 is 8.78 Å². The van der Waals surface area contributed by atoms with Gasteiger partial charge in [-0.2, -0.15) is 0 Å². The highest BCUT2D eigenvalue weighted by Crippen LogP contribution is 2.37. The second-order valence-electron chi connectivity index (χ2n) is 6.48. The van der Waals surface area contributed by atoms with Gasteiger partial charge in [0.05, 0.1) is 11.0 Å². The molecule has 0 aliphatic rings. The molecule has 0 aliphatic carbocycles. The lowest BCUT2D eigenvalue weighted by Gasteiger charge is -2.21. The molecule has 0 atom stereocenters. The van der Waals surface area contributed by atoms with Crippen LogP contribution in [0.15, 0.2) is 91.1 Å². The summed E-state index contributed by atoms with van der Waals surface area (Å²) in [7, 11) is -1.38. The molecule has 0 saturated heterocycles. The molecular formula is C24H18F2NP. The molecule has 4 heteroatoms. The van der Waals surface area contributed by atoms with Gasteiger partial charge in [-0.3, -0.25) is 4.98 Å². The smallest absolute Gasteiger partial charge is 0.143 e. The van der Waals surface area contributed by atoms with Gasteiger partial charge in [-0.1, -0.05) is 60.7 Å². The van der Waals surface area contributed by atoms with Gasteiger partial charge in [0.2, 0.25) is 0 Å². The van der Waals surface area contributed by atoms with Crippen LogP contribution in [-0.4, -0.2) is 4.98 Å². The van der Waals surface area contributed by atoms with Gasteiger partial charge in [-0.25, -0.2) is 8.78 Å². The molecule has 138 valence electrons. The van der Waals surface area contributed by atoms with Crippen molar-refractivity contribution in [2.75, 3.05) is 0 Å². The third-order valence-electron chi connectivity index (χ3n) is 4.51. The van der Waals surface area contributed by atoms with Gasteiger partial charge in [-0.05, 0) is 55.3 Å². The molecule has 0 saturated carbocycles. The molecule has 1 heterocycles. The van der Waals surface area contributed by atoms with Crippen molar-refractivity contribution in [3.05, 3.63) is 108 Å². The SMILES string of the molecule is Cc1ccnc(-c2ccc(F)c(P(c3ccccc3)c3ccccc3)c2F)c1. The average Bonchev–Trinajstić information content (AvgIpc) is 2.72. The Hall–Kier alpha value is -2.90. The summed E-state index contributed by atoms with van der Waals surface area (Å²) in [6.07, 6.45) is 1.64. The van der Waals surface area contributed by atoms with Crippen LogP contribution in [0.1, 0.15) is 5.56 Å². The molecule has 0 bridgehead atoms. The van der Waals surface area contributed by atoms with Crippen LogP contribution in [0, 0.1) is 18.6 Å². The molecule has 4 rings (SSSR count). The molecule has 1 nitrogen and oxygen atoms in total. The summed E-state index contributed by atoms with van der Waals surface area (Å²) in [6.45, 7) is 1.92. The summed E-state index contributed by atoms with van der Waals surface area (Å²) in [5.41, 5.74) is 1.80. The van der Waals surface area contributed by atoms with E-state index in [1.807, 2.05) is 79.7 Å². The van der Waals surface area contributed by atoms with Gasteiger partial charge in [0.15, 0.2) is 0 Å². The number of halogens is 2. The minimum Gasteiger partial charge on any atom is -0.256 e. The molecule has 4 aromatic rings. The highest BCUT2D eigenvalue weighted by Gasteiger charge is 2.26. The number of aryl methyl sites for hydroxylation is 1. The van der Waals surface area contributed by atoms with E-state index in [2.05, 4.69) is 4.98 Å². The second kappa shape index (κ2) is 8.00. The zero-order valence-electron chi connectivity index (χ0n) is 15.3. The first-order chi connectivity index (χ1) is 13.6.